The van der Waals surface area contributed by atoms with Crippen molar-refractivity contribution in [3.05, 3.63) is 106 Å². The van der Waals surface area contributed by atoms with Crippen LogP contribution in [0.4, 0.5) is 5.69 Å². The maximum atomic E-state index is 12.6. The molecule has 1 aliphatic heterocycles. The number of benzene rings is 3. The number of carbonyl (C=O) groups excluding carboxylic acids is 1. The maximum Gasteiger partial charge on any atom is 0.344 e. The van der Waals surface area contributed by atoms with Crippen molar-refractivity contribution in [2.24, 2.45) is 4.99 Å². The summed E-state index contributed by atoms with van der Waals surface area (Å²) < 4.78 is 17.0. The number of rotatable bonds is 9. The van der Waals surface area contributed by atoms with E-state index in [-0.39, 0.29) is 17.9 Å². The summed E-state index contributed by atoms with van der Waals surface area (Å²) in [5.41, 5.74) is 2.57. The molecule has 0 fully saturated rings. The SMILES string of the molecule is CCOC(=O)C1=C(O)/C(=C/c2ccc(OCc3ccccc3)c(OCC)c2)SC1=Nc1ccccc1. The van der Waals surface area contributed by atoms with Crippen LogP contribution in [0.3, 0.4) is 0 Å². The van der Waals surface area contributed by atoms with Crippen LogP contribution in [0.25, 0.3) is 6.08 Å². The van der Waals surface area contributed by atoms with Gasteiger partial charge in [-0.3, -0.25) is 0 Å². The van der Waals surface area contributed by atoms with E-state index in [0.29, 0.717) is 40.3 Å². The first kappa shape index (κ1) is 25.1. The number of ether oxygens (including phenoxy) is 3. The number of carbonyl (C=O) groups is 1. The van der Waals surface area contributed by atoms with Crippen molar-refractivity contribution < 1.29 is 24.1 Å². The van der Waals surface area contributed by atoms with Crippen molar-refractivity contribution in [1.82, 2.24) is 0 Å². The molecule has 36 heavy (non-hydrogen) atoms. The average Bonchev–Trinajstić information content (AvgIpc) is 3.19. The zero-order valence-electron chi connectivity index (χ0n) is 20.1. The van der Waals surface area contributed by atoms with Crippen LogP contribution < -0.4 is 9.47 Å². The summed E-state index contributed by atoms with van der Waals surface area (Å²) in [6, 6.07) is 24.7. The van der Waals surface area contributed by atoms with Gasteiger partial charge in [-0.15, -0.1) is 0 Å². The molecule has 1 heterocycles. The lowest BCUT2D eigenvalue weighted by Gasteiger charge is -2.13. The van der Waals surface area contributed by atoms with E-state index < -0.39 is 5.97 Å². The highest BCUT2D eigenvalue weighted by molar-refractivity contribution is 8.18. The first-order valence-corrected chi connectivity index (χ1v) is 12.5. The van der Waals surface area contributed by atoms with Crippen molar-refractivity contribution in [2.75, 3.05) is 13.2 Å². The number of hydrogen-bond donors (Lipinski definition) is 1. The Morgan fingerprint density at radius 1 is 0.917 bits per heavy atom. The topological polar surface area (TPSA) is 77.4 Å². The Morgan fingerprint density at radius 2 is 1.64 bits per heavy atom. The van der Waals surface area contributed by atoms with E-state index in [2.05, 4.69) is 4.99 Å². The predicted molar refractivity (Wildman–Crippen MR) is 144 cm³/mol. The first-order chi connectivity index (χ1) is 17.6. The zero-order valence-corrected chi connectivity index (χ0v) is 21.0. The van der Waals surface area contributed by atoms with Gasteiger partial charge in [0.25, 0.3) is 0 Å². The number of hydrogen-bond acceptors (Lipinski definition) is 7. The van der Waals surface area contributed by atoms with Crippen molar-refractivity contribution >= 4 is 34.5 Å². The average molecular weight is 502 g/mol. The van der Waals surface area contributed by atoms with Gasteiger partial charge in [-0.1, -0.05) is 66.4 Å². The van der Waals surface area contributed by atoms with Crippen LogP contribution in [0.5, 0.6) is 11.5 Å². The summed E-state index contributed by atoms with van der Waals surface area (Å²) in [5, 5.41) is 11.3. The number of para-hydroxylation sites is 1. The molecule has 0 aromatic heterocycles. The molecule has 7 heteroatoms. The second-order valence-corrected chi connectivity index (χ2v) is 8.75. The van der Waals surface area contributed by atoms with E-state index in [1.807, 2.05) is 85.8 Å². The minimum Gasteiger partial charge on any atom is -0.506 e. The van der Waals surface area contributed by atoms with Gasteiger partial charge in [0, 0.05) is 0 Å². The Bertz CT molecular complexity index is 1300. The molecule has 1 aliphatic rings. The summed E-state index contributed by atoms with van der Waals surface area (Å²) >= 11 is 1.22. The molecular formula is C29H27NO5S. The summed E-state index contributed by atoms with van der Waals surface area (Å²) in [6.07, 6.45) is 1.79. The van der Waals surface area contributed by atoms with E-state index in [9.17, 15) is 9.90 Å². The monoisotopic (exact) mass is 501 g/mol. The van der Waals surface area contributed by atoms with Gasteiger partial charge < -0.3 is 19.3 Å². The standard InChI is InChI=1S/C29H27NO5S/c1-3-33-24-17-21(15-16-23(24)35-19-20-11-7-5-8-12-20)18-25-27(31)26(29(32)34-4-2)28(36-25)30-22-13-9-6-10-14-22/h5-18,31H,3-4,19H2,1-2H3/b25-18-,30-28?. The molecule has 6 nitrogen and oxygen atoms in total. The fraction of sp³-hybridized carbons (Fsp3) is 0.172. The van der Waals surface area contributed by atoms with Crippen molar-refractivity contribution in [2.45, 2.75) is 20.5 Å². The molecule has 3 aromatic rings. The van der Waals surface area contributed by atoms with Crippen LogP contribution >= 0.6 is 11.8 Å². The van der Waals surface area contributed by atoms with Gasteiger partial charge in [-0.25, -0.2) is 9.79 Å². The third kappa shape index (κ3) is 6.17. The number of aliphatic imine (C=N–C) groups is 1. The van der Waals surface area contributed by atoms with Gasteiger partial charge in [0.15, 0.2) is 11.5 Å². The molecule has 0 unspecified atom stereocenters. The molecule has 0 amide bonds. The van der Waals surface area contributed by atoms with Crippen molar-refractivity contribution in [3.8, 4) is 11.5 Å². The van der Waals surface area contributed by atoms with Crippen LogP contribution in [0.1, 0.15) is 25.0 Å². The molecule has 0 aliphatic carbocycles. The molecule has 0 saturated heterocycles. The maximum absolute atomic E-state index is 12.6. The number of nitrogens with zero attached hydrogens (tertiary/aromatic N) is 1. The third-order valence-electron chi connectivity index (χ3n) is 5.16. The normalized spacial score (nSPS) is 15.4. The smallest absolute Gasteiger partial charge is 0.344 e. The van der Waals surface area contributed by atoms with Crippen LogP contribution in [0, 0.1) is 0 Å². The first-order valence-electron chi connectivity index (χ1n) is 11.7. The Kier molecular flexibility index (Phi) is 8.47. The molecule has 3 aromatic carbocycles. The lowest BCUT2D eigenvalue weighted by Crippen LogP contribution is -2.12. The summed E-state index contributed by atoms with van der Waals surface area (Å²) in [6.45, 7) is 4.72. The molecule has 0 bridgehead atoms. The lowest BCUT2D eigenvalue weighted by molar-refractivity contribution is -0.138. The minimum atomic E-state index is -0.611. The largest absolute Gasteiger partial charge is 0.506 e. The van der Waals surface area contributed by atoms with Crippen LogP contribution in [-0.2, 0) is 16.1 Å². The van der Waals surface area contributed by atoms with Gasteiger partial charge in [0.1, 0.15) is 23.0 Å². The number of esters is 1. The Balaban J connectivity index is 1.64. The summed E-state index contributed by atoms with van der Waals surface area (Å²) in [5.74, 6) is 0.453. The van der Waals surface area contributed by atoms with Gasteiger partial charge >= 0.3 is 5.97 Å². The fourth-order valence-electron chi connectivity index (χ4n) is 3.50. The van der Waals surface area contributed by atoms with Crippen LogP contribution in [-0.4, -0.2) is 29.3 Å². The molecular weight excluding hydrogens is 474 g/mol. The molecule has 0 saturated carbocycles. The van der Waals surface area contributed by atoms with E-state index in [0.717, 1.165) is 11.1 Å². The lowest BCUT2D eigenvalue weighted by atomic mass is 10.1. The van der Waals surface area contributed by atoms with E-state index in [1.165, 1.54) is 11.8 Å². The zero-order chi connectivity index (χ0) is 25.3. The highest BCUT2D eigenvalue weighted by Crippen LogP contribution is 2.41. The molecule has 0 atom stereocenters. The second-order valence-electron chi connectivity index (χ2n) is 7.72. The van der Waals surface area contributed by atoms with Gasteiger partial charge in [-0.05, 0) is 55.3 Å². The predicted octanol–water partition coefficient (Wildman–Crippen LogP) is 6.86. The Morgan fingerprint density at radius 3 is 2.33 bits per heavy atom. The quantitative estimate of drug-likeness (QED) is 0.323. The highest BCUT2D eigenvalue weighted by Gasteiger charge is 2.33. The minimum absolute atomic E-state index is 0.0600. The number of thioether (sulfide) groups is 1. The molecule has 4 rings (SSSR count). The highest BCUT2D eigenvalue weighted by atomic mass is 32.2. The third-order valence-corrected chi connectivity index (χ3v) is 6.18. The second kappa shape index (κ2) is 12.1. The van der Waals surface area contributed by atoms with E-state index >= 15 is 0 Å². The summed E-state index contributed by atoms with van der Waals surface area (Å²) in [4.78, 5) is 17.7. The van der Waals surface area contributed by atoms with Gasteiger partial charge in [0.2, 0.25) is 0 Å². The molecule has 0 radical (unpaired) electrons. The van der Waals surface area contributed by atoms with Crippen LogP contribution in [0.2, 0.25) is 0 Å². The Labute approximate surface area is 214 Å². The molecule has 1 N–H and O–H groups in total. The van der Waals surface area contributed by atoms with E-state index in [1.54, 1.807) is 13.0 Å². The molecule has 0 spiro atoms. The van der Waals surface area contributed by atoms with Crippen molar-refractivity contribution in [3.63, 3.8) is 0 Å². The van der Waals surface area contributed by atoms with Crippen LogP contribution in [0.15, 0.2) is 100 Å². The van der Waals surface area contributed by atoms with E-state index in [4.69, 9.17) is 14.2 Å². The van der Waals surface area contributed by atoms with Crippen molar-refractivity contribution in [1.29, 1.82) is 0 Å². The summed E-state index contributed by atoms with van der Waals surface area (Å²) in [7, 11) is 0. The van der Waals surface area contributed by atoms with Gasteiger partial charge in [-0.2, -0.15) is 0 Å². The number of aliphatic hydroxyl groups is 1. The Hall–Kier alpha value is -3.97. The molecule has 184 valence electrons. The fourth-order valence-corrected chi connectivity index (χ4v) is 4.54. The number of aliphatic hydroxyl groups excluding tert-OH is 1. The van der Waals surface area contributed by atoms with Gasteiger partial charge in [0.05, 0.1) is 23.8 Å².